The number of carbonyl (C=O) groups excluding carboxylic acids is 1. The van der Waals surface area contributed by atoms with Gasteiger partial charge in [-0.3, -0.25) is 9.79 Å². The standard InChI is InChI=1S/C24H30N4O2/c1-6-28(7-2)24(30)18-11-12-21-20(14-18)22(23(29)26-21)16(3)25-19-10-8-9-17(13-19)15-27(4)5/h8-14,26,29H,6-7,15H2,1-5H3. The van der Waals surface area contributed by atoms with E-state index >= 15 is 0 Å². The number of H-pyrrole nitrogens is 1. The molecule has 0 aliphatic carbocycles. The summed E-state index contributed by atoms with van der Waals surface area (Å²) >= 11 is 0. The van der Waals surface area contributed by atoms with Crippen molar-refractivity contribution < 1.29 is 9.90 Å². The maximum absolute atomic E-state index is 12.8. The van der Waals surface area contributed by atoms with Crippen LogP contribution in [0.5, 0.6) is 5.88 Å². The van der Waals surface area contributed by atoms with E-state index in [1.54, 1.807) is 11.0 Å². The van der Waals surface area contributed by atoms with Crippen molar-refractivity contribution in [2.45, 2.75) is 27.3 Å². The summed E-state index contributed by atoms with van der Waals surface area (Å²) in [6.45, 7) is 7.95. The predicted molar refractivity (Wildman–Crippen MR) is 123 cm³/mol. The third-order valence-corrected chi connectivity index (χ3v) is 5.14. The highest BCUT2D eigenvalue weighted by Gasteiger charge is 2.18. The molecule has 0 bridgehead atoms. The minimum atomic E-state index is -0.0143. The van der Waals surface area contributed by atoms with Crippen molar-refractivity contribution in [3.8, 4) is 5.88 Å². The van der Waals surface area contributed by atoms with Crippen molar-refractivity contribution in [1.82, 2.24) is 14.8 Å². The van der Waals surface area contributed by atoms with Gasteiger partial charge in [-0.15, -0.1) is 0 Å². The second kappa shape index (κ2) is 9.13. The molecule has 0 spiro atoms. The number of nitrogens with one attached hydrogen (secondary N) is 1. The number of hydrogen-bond donors (Lipinski definition) is 2. The Kier molecular flexibility index (Phi) is 6.57. The van der Waals surface area contributed by atoms with Gasteiger partial charge in [-0.1, -0.05) is 12.1 Å². The summed E-state index contributed by atoms with van der Waals surface area (Å²) in [4.78, 5) is 24.4. The van der Waals surface area contributed by atoms with E-state index in [1.807, 2.05) is 65.2 Å². The number of hydrogen-bond acceptors (Lipinski definition) is 4. The molecule has 6 heteroatoms. The lowest BCUT2D eigenvalue weighted by Crippen LogP contribution is -2.30. The molecule has 6 nitrogen and oxygen atoms in total. The highest BCUT2D eigenvalue weighted by Crippen LogP contribution is 2.30. The van der Waals surface area contributed by atoms with Gasteiger partial charge in [0.05, 0.1) is 17.0 Å². The van der Waals surface area contributed by atoms with Crippen LogP contribution in [0.1, 0.15) is 42.3 Å². The topological polar surface area (TPSA) is 71.9 Å². The number of aliphatic imine (C=N–C) groups is 1. The van der Waals surface area contributed by atoms with Crippen LogP contribution in [-0.2, 0) is 6.54 Å². The molecule has 0 saturated carbocycles. The molecule has 0 radical (unpaired) electrons. The van der Waals surface area contributed by atoms with E-state index < -0.39 is 0 Å². The Hall–Kier alpha value is -3.12. The van der Waals surface area contributed by atoms with E-state index in [-0.39, 0.29) is 11.8 Å². The van der Waals surface area contributed by atoms with Gasteiger partial charge in [-0.25, -0.2) is 0 Å². The summed E-state index contributed by atoms with van der Waals surface area (Å²) in [6, 6.07) is 13.5. The van der Waals surface area contributed by atoms with Gasteiger partial charge >= 0.3 is 0 Å². The molecule has 158 valence electrons. The first-order valence-electron chi connectivity index (χ1n) is 10.3. The van der Waals surface area contributed by atoms with Crippen molar-refractivity contribution >= 4 is 28.2 Å². The fourth-order valence-electron chi connectivity index (χ4n) is 3.71. The van der Waals surface area contributed by atoms with E-state index in [9.17, 15) is 9.90 Å². The Morgan fingerprint density at radius 1 is 1.10 bits per heavy atom. The number of fused-ring (bicyclic) bond motifs is 1. The molecule has 3 aromatic rings. The van der Waals surface area contributed by atoms with Gasteiger partial charge in [0, 0.05) is 36.1 Å². The van der Waals surface area contributed by atoms with Gasteiger partial charge in [-0.05, 0) is 70.8 Å². The Balaban J connectivity index is 2.02. The molecule has 3 rings (SSSR count). The summed E-state index contributed by atoms with van der Waals surface area (Å²) in [5.74, 6) is 0.0441. The van der Waals surface area contributed by atoms with Gasteiger partial charge < -0.3 is 19.9 Å². The SMILES string of the molecule is CCN(CC)C(=O)c1ccc2[nH]c(O)c(C(C)=Nc3cccc(CN(C)C)c3)c2c1. The average Bonchev–Trinajstić information content (AvgIpc) is 3.03. The lowest BCUT2D eigenvalue weighted by atomic mass is 10.1. The van der Waals surface area contributed by atoms with E-state index in [2.05, 4.69) is 16.0 Å². The van der Waals surface area contributed by atoms with Crippen LogP contribution >= 0.6 is 0 Å². The molecule has 0 unspecified atom stereocenters. The maximum atomic E-state index is 12.8. The van der Waals surface area contributed by atoms with Crippen molar-refractivity contribution in [2.24, 2.45) is 4.99 Å². The summed E-state index contributed by atoms with van der Waals surface area (Å²) in [7, 11) is 4.06. The third kappa shape index (κ3) is 4.54. The minimum Gasteiger partial charge on any atom is -0.494 e. The quantitative estimate of drug-likeness (QED) is 0.565. The highest BCUT2D eigenvalue weighted by atomic mass is 16.3. The van der Waals surface area contributed by atoms with Crippen LogP contribution in [0.2, 0.25) is 0 Å². The zero-order chi connectivity index (χ0) is 21.8. The van der Waals surface area contributed by atoms with Gasteiger partial charge in [-0.2, -0.15) is 0 Å². The fraction of sp³-hybridized carbons (Fsp3) is 0.333. The third-order valence-electron chi connectivity index (χ3n) is 5.14. The van der Waals surface area contributed by atoms with Crippen LogP contribution in [0.15, 0.2) is 47.5 Å². The zero-order valence-corrected chi connectivity index (χ0v) is 18.4. The van der Waals surface area contributed by atoms with Gasteiger partial charge in [0.25, 0.3) is 5.91 Å². The van der Waals surface area contributed by atoms with Crippen LogP contribution in [-0.4, -0.2) is 58.7 Å². The van der Waals surface area contributed by atoms with E-state index in [4.69, 9.17) is 4.99 Å². The molecule has 1 aromatic heterocycles. The lowest BCUT2D eigenvalue weighted by Gasteiger charge is -2.18. The number of benzene rings is 2. The second-order valence-corrected chi connectivity index (χ2v) is 7.69. The first kappa shape index (κ1) is 21.6. The van der Waals surface area contributed by atoms with Gasteiger partial charge in [0.1, 0.15) is 0 Å². The normalized spacial score (nSPS) is 12.0. The van der Waals surface area contributed by atoms with Crippen LogP contribution in [0, 0.1) is 0 Å². The zero-order valence-electron chi connectivity index (χ0n) is 18.4. The first-order valence-corrected chi connectivity index (χ1v) is 10.3. The first-order chi connectivity index (χ1) is 14.3. The molecule has 0 aliphatic heterocycles. The number of nitrogens with zero attached hydrogens (tertiary/aromatic N) is 3. The smallest absolute Gasteiger partial charge is 0.253 e. The van der Waals surface area contributed by atoms with Crippen molar-refractivity contribution in [2.75, 3.05) is 27.2 Å². The van der Waals surface area contributed by atoms with Crippen molar-refractivity contribution in [3.05, 3.63) is 59.2 Å². The summed E-state index contributed by atoms with van der Waals surface area (Å²) < 4.78 is 0. The molecular formula is C24H30N4O2. The molecule has 0 saturated heterocycles. The number of rotatable bonds is 7. The number of amides is 1. The van der Waals surface area contributed by atoms with Crippen molar-refractivity contribution in [3.63, 3.8) is 0 Å². The Morgan fingerprint density at radius 2 is 1.83 bits per heavy atom. The van der Waals surface area contributed by atoms with E-state index in [0.717, 1.165) is 23.1 Å². The molecule has 0 fully saturated rings. The van der Waals surface area contributed by atoms with Crippen LogP contribution in [0.25, 0.3) is 10.9 Å². The number of aromatic nitrogens is 1. The number of aromatic amines is 1. The monoisotopic (exact) mass is 406 g/mol. The molecular weight excluding hydrogens is 376 g/mol. The van der Waals surface area contributed by atoms with Gasteiger partial charge in [0.15, 0.2) is 5.88 Å². The Labute approximate surface area is 177 Å². The molecule has 0 atom stereocenters. The van der Waals surface area contributed by atoms with Crippen LogP contribution < -0.4 is 0 Å². The van der Waals surface area contributed by atoms with Crippen LogP contribution in [0.3, 0.4) is 0 Å². The average molecular weight is 407 g/mol. The molecule has 2 aromatic carbocycles. The largest absolute Gasteiger partial charge is 0.494 e. The lowest BCUT2D eigenvalue weighted by molar-refractivity contribution is 0.0773. The molecule has 30 heavy (non-hydrogen) atoms. The minimum absolute atomic E-state index is 0.0143. The van der Waals surface area contributed by atoms with E-state index in [1.165, 1.54) is 5.56 Å². The predicted octanol–water partition coefficient (Wildman–Crippen LogP) is 4.56. The Morgan fingerprint density at radius 3 is 2.50 bits per heavy atom. The molecule has 1 heterocycles. The van der Waals surface area contributed by atoms with Crippen molar-refractivity contribution in [1.29, 1.82) is 0 Å². The fourth-order valence-corrected chi connectivity index (χ4v) is 3.71. The maximum Gasteiger partial charge on any atom is 0.253 e. The molecule has 0 aliphatic rings. The Bertz CT molecular complexity index is 1080. The molecule has 2 N–H and O–H groups in total. The summed E-state index contributed by atoms with van der Waals surface area (Å²) in [5, 5.41) is 11.3. The summed E-state index contributed by atoms with van der Waals surface area (Å²) in [5.41, 5.74) is 4.69. The second-order valence-electron chi connectivity index (χ2n) is 7.69. The highest BCUT2D eigenvalue weighted by molar-refractivity contribution is 6.14. The summed E-state index contributed by atoms with van der Waals surface area (Å²) in [6.07, 6.45) is 0. The van der Waals surface area contributed by atoms with E-state index in [0.29, 0.717) is 29.9 Å². The molecule has 1 amide bonds. The number of aromatic hydroxyl groups is 1. The van der Waals surface area contributed by atoms with Crippen LogP contribution in [0.4, 0.5) is 5.69 Å². The number of carbonyl (C=O) groups is 1. The van der Waals surface area contributed by atoms with Gasteiger partial charge in [0.2, 0.25) is 0 Å².